The van der Waals surface area contributed by atoms with Crippen molar-refractivity contribution in [2.24, 2.45) is 0 Å². The Balaban J connectivity index is 2.00. The topological polar surface area (TPSA) is 52.6 Å². The third-order valence-corrected chi connectivity index (χ3v) is 3.06. The first-order valence-corrected chi connectivity index (χ1v) is 4.97. The summed E-state index contributed by atoms with van der Waals surface area (Å²) in [6, 6.07) is 0.103. The molecule has 0 aromatic heterocycles. The smallest absolute Gasteiger partial charge is 0.320 e. The summed E-state index contributed by atoms with van der Waals surface area (Å²) in [5, 5.41) is 12.1. The van der Waals surface area contributed by atoms with Crippen LogP contribution >= 0.6 is 0 Å². The predicted molar refractivity (Wildman–Crippen MR) is 48.6 cm³/mol. The summed E-state index contributed by atoms with van der Waals surface area (Å²) in [6.07, 6.45) is 2.94. The molecule has 2 bridgehead atoms. The molecule has 13 heavy (non-hydrogen) atoms. The van der Waals surface area contributed by atoms with Crippen molar-refractivity contribution in [3.05, 3.63) is 0 Å². The maximum absolute atomic E-state index is 10.8. The number of fused-ring (bicyclic) bond motifs is 5. The van der Waals surface area contributed by atoms with Crippen LogP contribution in [0.1, 0.15) is 19.3 Å². The minimum atomic E-state index is -0.700. The van der Waals surface area contributed by atoms with Gasteiger partial charge in [-0.25, -0.2) is 0 Å². The molecule has 3 aliphatic rings. The summed E-state index contributed by atoms with van der Waals surface area (Å²) >= 11 is 0. The molecule has 0 saturated carbocycles. The minimum Gasteiger partial charge on any atom is -0.480 e. The molecule has 3 aliphatic heterocycles. The Morgan fingerprint density at radius 2 is 1.85 bits per heavy atom. The van der Waals surface area contributed by atoms with Crippen molar-refractivity contribution in [2.45, 2.75) is 31.3 Å². The first-order chi connectivity index (χ1) is 6.25. The molecule has 0 aliphatic carbocycles. The minimum absolute atomic E-state index is 0.326. The van der Waals surface area contributed by atoms with Gasteiger partial charge in [0.05, 0.1) is 0 Å². The summed E-state index contributed by atoms with van der Waals surface area (Å²) in [7, 11) is 0. The van der Waals surface area contributed by atoms with Gasteiger partial charge in [-0.2, -0.15) is 0 Å². The molecule has 3 saturated heterocycles. The molecule has 1 unspecified atom stereocenters. The SMILES string of the molecule is O=C(O)C1CCN2CCC(CC2)N1. The second-order valence-corrected chi connectivity index (χ2v) is 3.96. The van der Waals surface area contributed by atoms with Gasteiger partial charge in [0, 0.05) is 12.6 Å². The number of nitrogens with one attached hydrogen (secondary N) is 1. The summed E-state index contributed by atoms with van der Waals surface area (Å²) in [4.78, 5) is 13.2. The van der Waals surface area contributed by atoms with Crippen molar-refractivity contribution in [1.29, 1.82) is 0 Å². The maximum atomic E-state index is 10.8. The molecule has 0 aromatic rings. The van der Waals surface area contributed by atoms with E-state index in [-0.39, 0.29) is 6.04 Å². The fourth-order valence-electron chi connectivity index (χ4n) is 2.20. The molecule has 3 rings (SSSR count). The van der Waals surface area contributed by atoms with E-state index in [1.54, 1.807) is 0 Å². The molecule has 3 heterocycles. The number of hydrogen-bond donors (Lipinski definition) is 2. The number of carboxylic acid groups (broad SMARTS) is 1. The summed E-state index contributed by atoms with van der Waals surface area (Å²) in [5.41, 5.74) is 0. The van der Waals surface area contributed by atoms with Crippen molar-refractivity contribution in [3.63, 3.8) is 0 Å². The first kappa shape index (κ1) is 8.97. The van der Waals surface area contributed by atoms with Crippen molar-refractivity contribution in [2.75, 3.05) is 19.6 Å². The molecule has 0 aromatic carbocycles. The molecule has 4 heteroatoms. The van der Waals surface area contributed by atoms with Crippen molar-refractivity contribution in [1.82, 2.24) is 10.2 Å². The van der Waals surface area contributed by atoms with E-state index in [1.165, 1.54) is 0 Å². The van der Waals surface area contributed by atoms with Gasteiger partial charge < -0.3 is 15.3 Å². The quantitative estimate of drug-likeness (QED) is 0.597. The monoisotopic (exact) mass is 184 g/mol. The Morgan fingerprint density at radius 1 is 1.23 bits per heavy atom. The van der Waals surface area contributed by atoms with Gasteiger partial charge in [0.1, 0.15) is 6.04 Å². The van der Waals surface area contributed by atoms with Crippen LogP contribution in [0.2, 0.25) is 0 Å². The first-order valence-electron chi connectivity index (χ1n) is 4.97. The summed E-state index contributed by atoms with van der Waals surface area (Å²) in [6.45, 7) is 3.19. The third kappa shape index (κ3) is 2.00. The molecule has 4 nitrogen and oxygen atoms in total. The van der Waals surface area contributed by atoms with Gasteiger partial charge in [0.25, 0.3) is 0 Å². The summed E-state index contributed by atoms with van der Waals surface area (Å²) in [5.74, 6) is -0.700. The highest BCUT2D eigenvalue weighted by Crippen LogP contribution is 2.15. The highest BCUT2D eigenvalue weighted by molar-refractivity contribution is 5.73. The fourth-order valence-corrected chi connectivity index (χ4v) is 2.20. The predicted octanol–water partition coefficient (Wildman–Crippen LogP) is -0.103. The zero-order valence-electron chi connectivity index (χ0n) is 7.70. The van der Waals surface area contributed by atoms with Crippen molar-refractivity contribution >= 4 is 5.97 Å². The van der Waals surface area contributed by atoms with Crippen LogP contribution in [0.15, 0.2) is 0 Å². The Hall–Kier alpha value is -0.610. The number of piperidine rings is 1. The lowest BCUT2D eigenvalue weighted by Gasteiger charge is -2.37. The van der Waals surface area contributed by atoms with Gasteiger partial charge in [-0.15, -0.1) is 0 Å². The van der Waals surface area contributed by atoms with Crippen LogP contribution in [-0.4, -0.2) is 47.7 Å². The number of nitrogens with zero attached hydrogens (tertiary/aromatic N) is 1. The molecule has 74 valence electrons. The van der Waals surface area contributed by atoms with Crippen molar-refractivity contribution < 1.29 is 9.90 Å². The van der Waals surface area contributed by atoms with Crippen LogP contribution in [0, 0.1) is 0 Å². The molecular formula is C9H16N2O2. The Kier molecular flexibility index (Phi) is 2.51. The van der Waals surface area contributed by atoms with Gasteiger partial charge in [-0.1, -0.05) is 0 Å². The molecule has 0 radical (unpaired) electrons. The Bertz CT molecular complexity index is 200. The molecule has 3 fully saturated rings. The molecule has 0 spiro atoms. The van der Waals surface area contributed by atoms with E-state index in [0.717, 1.165) is 38.9 Å². The van der Waals surface area contributed by atoms with Gasteiger partial charge in [-0.3, -0.25) is 4.79 Å². The highest BCUT2D eigenvalue weighted by Gasteiger charge is 2.28. The lowest BCUT2D eigenvalue weighted by molar-refractivity contribution is -0.140. The van der Waals surface area contributed by atoms with Crippen LogP contribution in [0.4, 0.5) is 0 Å². The van der Waals surface area contributed by atoms with E-state index in [2.05, 4.69) is 10.2 Å². The van der Waals surface area contributed by atoms with Gasteiger partial charge in [0.15, 0.2) is 0 Å². The number of rotatable bonds is 1. The fraction of sp³-hybridized carbons (Fsp3) is 0.889. The molecule has 1 atom stereocenters. The van der Waals surface area contributed by atoms with Crippen LogP contribution in [-0.2, 0) is 4.79 Å². The third-order valence-electron chi connectivity index (χ3n) is 3.06. The Morgan fingerprint density at radius 3 is 2.46 bits per heavy atom. The van der Waals surface area contributed by atoms with Gasteiger partial charge >= 0.3 is 5.97 Å². The molecule has 0 amide bonds. The van der Waals surface area contributed by atoms with Gasteiger partial charge in [0.2, 0.25) is 0 Å². The van der Waals surface area contributed by atoms with Crippen molar-refractivity contribution in [3.8, 4) is 0 Å². The number of carbonyl (C=O) groups is 1. The van der Waals surface area contributed by atoms with Gasteiger partial charge in [-0.05, 0) is 32.4 Å². The average molecular weight is 184 g/mol. The van der Waals surface area contributed by atoms with E-state index in [1.807, 2.05) is 0 Å². The molecule has 2 N–H and O–H groups in total. The summed E-state index contributed by atoms with van der Waals surface area (Å²) < 4.78 is 0. The van der Waals surface area contributed by atoms with E-state index in [4.69, 9.17) is 5.11 Å². The maximum Gasteiger partial charge on any atom is 0.320 e. The number of hydrogen-bond acceptors (Lipinski definition) is 3. The van der Waals surface area contributed by atoms with Crippen LogP contribution < -0.4 is 5.32 Å². The lowest BCUT2D eigenvalue weighted by Crippen LogP contribution is -2.53. The normalized spacial score (nSPS) is 39.5. The van der Waals surface area contributed by atoms with E-state index < -0.39 is 5.97 Å². The largest absolute Gasteiger partial charge is 0.480 e. The highest BCUT2D eigenvalue weighted by atomic mass is 16.4. The number of carboxylic acids is 1. The van der Waals surface area contributed by atoms with Crippen LogP contribution in [0.5, 0.6) is 0 Å². The Labute approximate surface area is 77.9 Å². The van der Waals surface area contributed by atoms with Crippen LogP contribution in [0.25, 0.3) is 0 Å². The average Bonchev–Trinajstić information content (AvgIpc) is 2.05. The second kappa shape index (κ2) is 3.64. The van der Waals surface area contributed by atoms with E-state index in [0.29, 0.717) is 6.04 Å². The number of aliphatic carboxylic acids is 1. The lowest BCUT2D eigenvalue weighted by atomic mass is 9.99. The zero-order chi connectivity index (χ0) is 9.26. The van der Waals surface area contributed by atoms with E-state index in [9.17, 15) is 4.79 Å². The standard InChI is InChI=1S/C9H16N2O2/c12-9(13)8-3-6-11-4-1-7(10-8)2-5-11/h7-8,10H,1-6H2,(H,12,13). The van der Waals surface area contributed by atoms with Crippen LogP contribution in [0.3, 0.4) is 0 Å². The second-order valence-electron chi connectivity index (χ2n) is 3.96. The zero-order valence-corrected chi connectivity index (χ0v) is 7.70. The van der Waals surface area contributed by atoms with E-state index >= 15 is 0 Å². The molecular weight excluding hydrogens is 168 g/mol.